The largest absolute Gasteiger partial charge is 0.464 e. The number of allylic oxidation sites excluding steroid dienone is 2. The van der Waals surface area contributed by atoms with Crippen LogP contribution in [0.2, 0.25) is 0 Å². The quantitative estimate of drug-likeness (QED) is 0.0247. The van der Waals surface area contributed by atoms with Crippen molar-refractivity contribution < 1.29 is 47.6 Å². The van der Waals surface area contributed by atoms with Gasteiger partial charge in [-0.2, -0.15) is 0 Å². The third kappa shape index (κ3) is 29.4. The van der Waals surface area contributed by atoms with Gasteiger partial charge in [0.05, 0.1) is 49.1 Å². The molecular weight excluding hydrogens is 1270 g/mol. The number of hydrogen-bond donors (Lipinski definition) is 0. The molecule has 2 aliphatic carbocycles. The molecule has 4 heterocycles. The summed E-state index contributed by atoms with van der Waals surface area (Å²) in [5.41, 5.74) is 6.11. The minimum atomic E-state index is -0.393. The molecule has 0 spiro atoms. The first kappa shape index (κ1) is 84.2. The number of hydrogen-bond acceptors (Lipinski definition) is 16. The molecule has 14 nitrogen and oxygen atoms in total. The summed E-state index contributed by atoms with van der Waals surface area (Å²) in [4.78, 5) is 61.7. The van der Waals surface area contributed by atoms with Crippen LogP contribution in [0.4, 0.5) is 0 Å². The van der Waals surface area contributed by atoms with Gasteiger partial charge in [-0.1, -0.05) is 180 Å². The van der Waals surface area contributed by atoms with Crippen LogP contribution in [0.5, 0.6) is 0 Å². The first-order chi connectivity index (χ1) is 46.7. The van der Waals surface area contributed by atoms with Gasteiger partial charge >= 0.3 is 23.9 Å². The summed E-state index contributed by atoms with van der Waals surface area (Å²) >= 11 is 0. The van der Waals surface area contributed by atoms with Gasteiger partial charge in [-0.3, -0.25) is 38.8 Å². The van der Waals surface area contributed by atoms with Gasteiger partial charge < -0.3 is 28.4 Å². The summed E-state index contributed by atoms with van der Waals surface area (Å²) in [6, 6.07) is 0. The lowest BCUT2D eigenvalue weighted by Gasteiger charge is -2.46. The van der Waals surface area contributed by atoms with Crippen LogP contribution in [0.25, 0.3) is 0 Å². The van der Waals surface area contributed by atoms with Gasteiger partial charge in [0.25, 0.3) is 0 Å². The Hall–Kier alpha value is -2.70. The highest BCUT2D eigenvalue weighted by atomic mass is 33.1. The molecule has 6 rings (SSSR count). The zero-order chi connectivity index (χ0) is 71.4. The number of esters is 4. The van der Waals surface area contributed by atoms with Crippen molar-refractivity contribution in [1.82, 2.24) is 19.6 Å². The van der Waals surface area contributed by atoms with Crippen LogP contribution in [0.1, 0.15) is 278 Å². The molecule has 98 heavy (non-hydrogen) atoms. The number of ether oxygens (including phenoxy) is 6. The maximum absolute atomic E-state index is 13.2. The molecule has 0 saturated carbocycles. The third-order valence-corrected chi connectivity index (χ3v) is 25.8. The Morgan fingerprint density at radius 2 is 0.714 bits per heavy atom. The Morgan fingerprint density at radius 1 is 0.418 bits per heavy atom. The molecule has 0 N–H and O–H groups in total. The molecule has 10 atom stereocenters. The van der Waals surface area contributed by atoms with Gasteiger partial charge in [-0.25, -0.2) is 0 Å². The van der Waals surface area contributed by atoms with Crippen LogP contribution in [0, 0.1) is 47.3 Å². The van der Waals surface area contributed by atoms with E-state index in [1.807, 2.05) is 35.4 Å². The van der Waals surface area contributed by atoms with Crippen molar-refractivity contribution in [2.24, 2.45) is 47.3 Å². The zero-order valence-electron chi connectivity index (χ0n) is 65.2. The highest BCUT2D eigenvalue weighted by molar-refractivity contribution is 8.76. The first-order valence-corrected chi connectivity index (χ1v) is 42.2. The predicted octanol–water partition coefficient (Wildman–Crippen LogP) is 18.6. The normalized spacial score (nSPS) is 25.2. The molecule has 0 aromatic carbocycles. The Bertz CT molecular complexity index is 2400. The van der Waals surface area contributed by atoms with E-state index in [2.05, 4.69) is 117 Å². The van der Waals surface area contributed by atoms with Crippen LogP contribution in [-0.2, 0) is 47.6 Å². The fourth-order valence-electron chi connectivity index (χ4n) is 16.2. The Kier molecular flexibility index (Phi) is 37.4. The van der Waals surface area contributed by atoms with Crippen molar-refractivity contribution in [2.45, 2.75) is 301 Å². The Labute approximate surface area is 606 Å². The maximum Gasteiger partial charge on any atom is 0.311 e. The molecule has 4 saturated heterocycles. The van der Waals surface area contributed by atoms with Gasteiger partial charge in [-0.05, 0) is 163 Å². The van der Waals surface area contributed by atoms with E-state index >= 15 is 0 Å². The summed E-state index contributed by atoms with van der Waals surface area (Å²) in [5.74, 6) is 7.15. The number of carbonyl (C=O) groups excluding carboxylic acids is 4. The molecule has 16 heteroatoms. The number of nitrogens with zero attached hydrogens (tertiary/aromatic N) is 4. The van der Waals surface area contributed by atoms with Crippen LogP contribution >= 0.6 is 21.6 Å². The smallest absolute Gasteiger partial charge is 0.311 e. The minimum absolute atomic E-state index is 0.000322. The number of rotatable bonds is 45. The fraction of sp³-hybridized carbons (Fsp3) is 0.854. The molecule has 562 valence electrons. The summed E-state index contributed by atoms with van der Waals surface area (Å²) in [7, 11) is 3.91. The number of piperazine rings is 2. The van der Waals surface area contributed by atoms with E-state index in [9.17, 15) is 19.2 Å². The van der Waals surface area contributed by atoms with Crippen LogP contribution in [0.3, 0.4) is 0 Å². The highest BCUT2D eigenvalue weighted by Gasteiger charge is 2.45. The molecular formula is C82H142N4O10S2. The summed E-state index contributed by atoms with van der Waals surface area (Å²) < 4.78 is 37.2. The molecule has 0 aromatic heterocycles. The number of fused-ring (bicyclic) bond motifs is 2. The standard InChI is InChI=1S/C82H142N4O10S2/c1-59(2)23-17-25-61(5)27-19-29-63(7)31-21-39-81(15)41-37-71-69(13)77(65(9)67(11)79(71)95-81)93-75(89)35-33-73(87)91-55-51-83-43-47-85(48-44-83)53-57-97-98-58-54-86-49-45-84(46-50-86)52-56-92-74(88)34-36-76(90)94-78-66(10)68(12)80-72(70(78)14)38-42-82(16,96-80)40-22-32-64(8)30-20-28-62(6)26-18-24-60(3)4/h59-64,71-72,79-80H,17-58H2,1-16H3. The maximum atomic E-state index is 13.2. The van der Waals surface area contributed by atoms with Crippen molar-refractivity contribution in [2.75, 3.05) is 103 Å². The van der Waals surface area contributed by atoms with Crippen LogP contribution in [0.15, 0.2) is 45.0 Å². The molecule has 0 aromatic rings. The van der Waals surface area contributed by atoms with E-state index in [-0.39, 0.29) is 72.9 Å². The topological polar surface area (TPSA) is 137 Å². The van der Waals surface area contributed by atoms with Gasteiger partial charge in [0.1, 0.15) is 24.7 Å². The Balaban J connectivity index is 0.729. The van der Waals surface area contributed by atoms with Crippen molar-refractivity contribution in [1.29, 1.82) is 0 Å². The molecule has 0 bridgehead atoms. The second kappa shape index (κ2) is 43.5. The van der Waals surface area contributed by atoms with E-state index in [0.717, 1.165) is 184 Å². The molecule has 0 radical (unpaired) electrons. The van der Waals surface area contributed by atoms with Crippen LogP contribution < -0.4 is 0 Å². The van der Waals surface area contributed by atoms with E-state index in [4.69, 9.17) is 28.4 Å². The lowest BCUT2D eigenvalue weighted by Crippen LogP contribution is -2.48. The van der Waals surface area contributed by atoms with E-state index in [1.54, 1.807) is 0 Å². The zero-order valence-corrected chi connectivity index (χ0v) is 66.8. The van der Waals surface area contributed by atoms with Gasteiger partial charge in [0.15, 0.2) is 0 Å². The number of carbonyl (C=O) groups is 4. The fourth-order valence-corrected chi connectivity index (χ4v) is 18.2. The summed E-state index contributed by atoms with van der Waals surface area (Å²) in [6.07, 6.45) is 27.3. The first-order valence-electron chi connectivity index (χ1n) is 39.7. The molecule has 6 aliphatic rings. The average molecular weight is 1410 g/mol. The van der Waals surface area contributed by atoms with Crippen molar-refractivity contribution >= 4 is 45.5 Å². The molecule has 4 aliphatic heterocycles. The highest BCUT2D eigenvalue weighted by Crippen LogP contribution is 2.49. The molecule has 10 unspecified atom stereocenters. The van der Waals surface area contributed by atoms with Gasteiger partial charge in [0, 0.05) is 102 Å². The van der Waals surface area contributed by atoms with Gasteiger partial charge in [0.2, 0.25) is 0 Å². The van der Waals surface area contributed by atoms with E-state index < -0.39 is 11.9 Å². The summed E-state index contributed by atoms with van der Waals surface area (Å²) in [6.45, 7) is 48.1. The predicted molar refractivity (Wildman–Crippen MR) is 407 cm³/mol. The monoisotopic (exact) mass is 1410 g/mol. The van der Waals surface area contributed by atoms with Crippen molar-refractivity contribution in [3.8, 4) is 0 Å². The van der Waals surface area contributed by atoms with Gasteiger partial charge in [-0.15, -0.1) is 0 Å². The lowest BCUT2D eigenvalue weighted by atomic mass is 9.73. The second-order valence-electron chi connectivity index (χ2n) is 33.0. The van der Waals surface area contributed by atoms with Crippen molar-refractivity contribution in [3.63, 3.8) is 0 Å². The van der Waals surface area contributed by atoms with Crippen LogP contribution in [-0.4, -0.2) is 170 Å². The average Bonchev–Trinajstić information content (AvgIpc) is 0.767. The van der Waals surface area contributed by atoms with Crippen molar-refractivity contribution in [3.05, 3.63) is 45.0 Å². The Morgan fingerprint density at radius 3 is 1.04 bits per heavy atom. The second-order valence-corrected chi connectivity index (χ2v) is 35.7. The summed E-state index contributed by atoms with van der Waals surface area (Å²) in [5, 5.41) is 0. The minimum Gasteiger partial charge on any atom is -0.464 e. The van der Waals surface area contributed by atoms with E-state index in [0.29, 0.717) is 37.8 Å². The molecule has 0 amide bonds. The molecule has 4 fully saturated rings. The third-order valence-electron chi connectivity index (χ3n) is 23.5. The SMILES string of the molecule is CC1=C(C)C2OC(C)(CCCC(C)CCCC(C)CCCC(C)C)CCC2C(C)=C1OC(=O)CCC(=O)OCCN1CCN(CCSSCCN2CCN(CCOC(=O)CCC(=O)OC3=C(C)C4CCC(C)(CCCC(C)CCCC(C)CCCC(C)C)OC4C(C)=C3C)CC2)CC1. The lowest BCUT2D eigenvalue weighted by molar-refractivity contribution is -0.149. The van der Waals surface area contributed by atoms with E-state index in [1.165, 1.54) is 103 Å².